The van der Waals surface area contributed by atoms with Gasteiger partial charge in [0, 0.05) is 15.5 Å². The highest BCUT2D eigenvalue weighted by Crippen LogP contribution is 2.50. The van der Waals surface area contributed by atoms with E-state index in [-0.39, 0.29) is 0 Å². The van der Waals surface area contributed by atoms with Crippen molar-refractivity contribution >= 4 is 28.9 Å². The lowest BCUT2D eigenvalue weighted by atomic mass is 9.98. The molecule has 0 amide bonds. The number of fused-ring (bicyclic) bond motifs is 2. The summed E-state index contributed by atoms with van der Waals surface area (Å²) in [4.78, 5) is 2.28. The van der Waals surface area contributed by atoms with Gasteiger partial charge in [0.15, 0.2) is 0 Å². The zero-order valence-electron chi connectivity index (χ0n) is 11.3. The highest BCUT2D eigenvalue weighted by atomic mass is 35.5. The maximum atomic E-state index is 6.38. The lowest BCUT2D eigenvalue weighted by molar-refractivity contribution is 0.310. The molecule has 0 saturated heterocycles. The highest BCUT2D eigenvalue weighted by molar-refractivity contribution is 7.99. The number of hydrogen-bond donors (Lipinski definition) is 0. The molecular weight excluding hydrogens is 288 g/mol. The Morgan fingerprint density at radius 3 is 2.80 bits per heavy atom. The van der Waals surface area contributed by atoms with Gasteiger partial charge in [-0.1, -0.05) is 55.1 Å². The number of ether oxygens (including phenoxy) is 1. The summed E-state index contributed by atoms with van der Waals surface area (Å²) in [6.45, 7) is 7.04. The van der Waals surface area contributed by atoms with E-state index < -0.39 is 0 Å². The molecule has 0 bridgehead atoms. The van der Waals surface area contributed by atoms with Crippen LogP contribution in [0.25, 0.3) is 5.57 Å². The molecule has 3 heteroatoms. The minimum atomic E-state index is 0.711. The quantitative estimate of drug-likeness (QED) is 0.618. The molecule has 0 atom stereocenters. The molecule has 102 valence electrons. The Morgan fingerprint density at radius 2 is 2.00 bits per heavy atom. The van der Waals surface area contributed by atoms with Crippen LogP contribution in [0.15, 0.2) is 52.8 Å². The molecule has 1 aliphatic heterocycles. The summed E-state index contributed by atoms with van der Waals surface area (Å²) in [5.74, 6) is 0.895. The summed E-state index contributed by atoms with van der Waals surface area (Å²) >= 11 is 8.09. The van der Waals surface area contributed by atoms with Gasteiger partial charge in [-0.25, -0.2) is 0 Å². The third-order valence-corrected chi connectivity index (χ3v) is 4.76. The fourth-order valence-electron chi connectivity index (χ4n) is 2.30. The van der Waals surface area contributed by atoms with Gasteiger partial charge in [-0.15, -0.1) is 0 Å². The minimum Gasteiger partial charge on any atom is -0.492 e. The van der Waals surface area contributed by atoms with Crippen molar-refractivity contribution in [2.24, 2.45) is 0 Å². The van der Waals surface area contributed by atoms with Crippen LogP contribution < -0.4 is 4.74 Å². The van der Waals surface area contributed by atoms with Gasteiger partial charge in [0.05, 0.1) is 11.5 Å². The zero-order valence-corrected chi connectivity index (χ0v) is 12.9. The van der Waals surface area contributed by atoms with Crippen molar-refractivity contribution in [1.29, 1.82) is 0 Å². The molecule has 0 spiro atoms. The molecule has 0 radical (unpaired) electrons. The van der Waals surface area contributed by atoms with Gasteiger partial charge in [0.2, 0.25) is 0 Å². The lowest BCUT2D eigenvalue weighted by Gasteiger charge is -2.24. The normalized spacial score (nSPS) is 12.8. The van der Waals surface area contributed by atoms with Crippen LogP contribution >= 0.6 is 23.4 Å². The first kappa shape index (κ1) is 13.6. The predicted molar refractivity (Wildman–Crippen MR) is 85.9 cm³/mol. The average Bonchev–Trinajstić information content (AvgIpc) is 2.47. The molecule has 0 aromatic heterocycles. The van der Waals surface area contributed by atoms with E-state index in [0.29, 0.717) is 6.61 Å². The van der Waals surface area contributed by atoms with Crippen LogP contribution in [0.4, 0.5) is 0 Å². The molecule has 0 fully saturated rings. The molecular formula is C17H15ClOS. The van der Waals surface area contributed by atoms with Crippen LogP contribution in [0.2, 0.25) is 5.02 Å². The second-order valence-corrected chi connectivity index (χ2v) is 6.13. The van der Waals surface area contributed by atoms with Crippen LogP contribution in [0.1, 0.15) is 24.5 Å². The summed E-state index contributed by atoms with van der Waals surface area (Å²) in [7, 11) is 0. The van der Waals surface area contributed by atoms with Gasteiger partial charge in [-0.3, -0.25) is 0 Å². The largest absolute Gasteiger partial charge is 0.492 e. The van der Waals surface area contributed by atoms with Crippen LogP contribution in [-0.2, 0) is 0 Å². The summed E-state index contributed by atoms with van der Waals surface area (Å²) in [5.41, 5.74) is 3.13. The predicted octanol–water partition coefficient (Wildman–Crippen LogP) is 5.65. The van der Waals surface area contributed by atoms with E-state index in [4.69, 9.17) is 16.3 Å². The van der Waals surface area contributed by atoms with Crippen LogP contribution in [0.3, 0.4) is 0 Å². The van der Waals surface area contributed by atoms with E-state index in [1.54, 1.807) is 11.8 Å². The number of rotatable bonds is 3. The van der Waals surface area contributed by atoms with E-state index in [2.05, 4.69) is 25.6 Å². The molecule has 0 unspecified atom stereocenters. The van der Waals surface area contributed by atoms with E-state index >= 15 is 0 Å². The van der Waals surface area contributed by atoms with Gasteiger partial charge in [0.1, 0.15) is 5.75 Å². The summed E-state index contributed by atoms with van der Waals surface area (Å²) in [5, 5.41) is 0.732. The topological polar surface area (TPSA) is 9.23 Å². The van der Waals surface area contributed by atoms with Crippen molar-refractivity contribution < 1.29 is 4.74 Å². The van der Waals surface area contributed by atoms with Gasteiger partial charge < -0.3 is 4.74 Å². The SMILES string of the molecule is C=C1c2ccccc2Sc2c(OCCC)ccc(Cl)c21. The number of halogens is 1. The molecule has 1 heterocycles. The third-order valence-electron chi connectivity index (χ3n) is 3.26. The van der Waals surface area contributed by atoms with Crippen molar-refractivity contribution in [1.82, 2.24) is 0 Å². The molecule has 2 aromatic rings. The Kier molecular flexibility index (Phi) is 3.77. The number of benzene rings is 2. The number of hydrogen-bond acceptors (Lipinski definition) is 2. The van der Waals surface area contributed by atoms with Crippen LogP contribution in [-0.4, -0.2) is 6.61 Å². The van der Waals surface area contributed by atoms with Crippen molar-refractivity contribution in [2.75, 3.05) is 6.61 Å². The van der Waals surface area contributed by atoms with Crippen LogP contribution in [0, 0.1) is 0 Å². The molecule has 20 heavy (non-hydrogen) atoms. The Bertz CT molecular complexity index is 679. The molecule has 3 rings (SSSR count). The van der Waals surface area contributed by atoms with Crippen molar-refractivity contribution in [3.63, 3.8) is 0 Å². The summed E-state index contributed by atoms with van der Waals surface area (Å²) < 4.78 is 5.85. The Labute approximate surface area is 128 Å². The fraction of sp³-hybridized carbons (Fsp3) is 0.176. The summed E-state index contributed by atoms with van der Waals surface area (Å²) in [6.07, 6.45) is 0.986. The molecule has 2 aromatic carbocycles. The van der Waals surface area contributed by atoms with Gasteiger partial charge in [0.25, 0.3) is 0 Å². The standard InChI is InChI=1S/C17H15ClOS/c1-3-10-19-14-9-8-13(18)16-11(2)12-6-4-5-7-15(12)20-17(14)16/h4-9H,2-3,10H2,1H3. The van der Waals surface area contributed by atoms with E-state index in [9.17, 15) is 0 Å². The maximum Gasteiger partial charge on any atom is 0.133 e. The average molecular weight is 303 g/mol. The molecule has 1 nitrogen and oxygen atoms in total. The highest BCUT2D eigenvalue weighted by Gasteiger charge is 2.24. The van der Waals surface area contributed by atoms with Crippen LogP contribution in [0.5, 0.6) is 5.75 Å². The second kappa shape index (κ2) is 5.55. The first-order chi connectivity index (χ1) is 9.72. The van der Waals surface area contributed by atoms with E-state index in [0.717, 1.165) is 38.8 Å². The Balaban J connectivity index is 2.13. The van der Waals surface area contributed by atoms with E-state index in [1.165, 1.54) is 4.90 Å². The molecule has 0 aliphatic carbocycles. The monoisotopic (exact) mass is 302 g/mol. The third kappa shape index (κ3) is 2.23. The van der Waals surface area contributed by atoms with Gasteiger partial charge >= 0.3 is 0 Å². The fourth-order valence-corrected chi connectivity index (χ4v) is 3.86. The summed E-state index contributed by atoms with van der Waals surface area (Å²) in [6, 6.07) is 12.1. The molecule has 0 saturated carbocycles. The van der Waals surface area contributed by atoms with Gasteiger partial charge in [-0.2, -0.15) is 0 Å². The Hall–Kier alpha value is -1.38. The van der Waals surface area contributed by atoms with Gasteiger partial charge in [-0.05, 0) is 35.8 Å². The van der Waals surface area contributed by atoms with Crippen molar-refractivity contribution in [2.45, 2.75) is 23.1 Å². The van der Waals surface area contributed by atoms with Crippen molar-refractivity contribution in [3.05, 3.63) is 59.1 Å². The molecule has 0 N–H and O–H groups in total. The van der Waals surface area contributed by atoms with E-state index in [1.807, 2.05) is 24.3 Å². The lowest BCUT2D eigenvalue weighted by Crippen LogP contribution is -2.03. The first-order valence-corrected chi connectivity index (χ1v) is 7.83. The molecule has 1 aliphatic rings. The maximum absolute atomic E-state index is 6.38. The zero-order chi connectivity index (χ0) is 14.1. The Morgan fingerprint density at radius 1 is 1.20 bits per heavy atom. The smallest absolute Gasteiger partial charge is 0.133 e. The minimum absolute atomic E-state index is 0.711. The first-order valence-electron chi connectivity index (χ1n) is 6.64. The second-order valence-electron chi connectivity index (χ2n) is 4.67. The van der Waals surface area contributed by atoms with Crippen molar-refractivity contribution in [3.8, 4) is 5.75 Å².